The molecule has 0 saturated heterocycles. The van der Waals surface area contributed by atoms with Crippen molar-refractivity contribution in [1.29, 1.82) is 0 Å². The number of rotatable bonds is 4. The highest BCUT2D eigenvalue weighted by Crippen LogP contribution is 2.31. The Balaban J connectivity index is 1.56. The van der Waals surface area contributed by atoms with E-state index in [2.05, 4.69) is 20.8 Å². The first-order valence-electron chi connectivity index (χ1n) is 8.58. The second-order valence-corrected chi connectivity index (χ2v) is 8.50. The van der Waals surface area contributed by atoms with Crippen molar-refractivity contribution < 1.29 is 13.2 Å². The first kappa shape index (κ1) is 18.1. The Kier molecular flexibility index (Phi) is 4.34. The van der Waals surface area contributed by atoms with Gasteiger partial charge >= 0.3 is 0 Å². The van der Waals surface area contributed by atoms with Gasteiger partial charge in [0.25, 0.3) is 5.91 Å². The Morgan fingerprint density at radius 3 is 2.71 bits per heavy atom. The number of carbonyl (C=O) groups is 1. The van der Waals surface area contributed by atoms with Crippen LogP contribution in [0.25, 0.3) is 11.4 Å². The molecule has 1 N–H and O–H groups in total. The Hall–Kier alpha value is -3.27. The first-order chi connectivity index (χ1) is 13.3. The van der Waals surface area contributed by atoms with E-state index in [1.165, 1.54) is 10.6 Å². The van der Waals surface area contributed by atoms with Gasteiger partial charge in [0.15, 0.2) is 5.82 Å². The standard InChI is InChI=1S/C18H18N6O3S/c1-23-17(20-21-22-23)13-4-3-5-15(11-13)19-18(25)14-6-7-16-12(10-14)8-9-24(16)28(2,26)27/h3-7,10-11H,8-9H2,1-2H3,(H,19,25). The molecule has 1 amide bonds. The average Bonchev–Trinajstić information content (AvgIpc) is 3.27. The van der Waals surface area contributed by atoms with E-state index in [0.717, 1.165) is 11.1 Å². The maximum atomic E-state index is 12.7. The topological polar surface area (TPSA) is 110 Å². The number of nitrogens with one attached hydrogen (secondary N) is 1. The van der Waals surface area contributed by atoms with Crippen LogP contribution in [0.5, 0.6) is 0 Å². The van der Waals surface area contributed by atoms with Crippen LogP contribution < -0.4 is 9.62 Å². The van der Waals surface area contributed by atoms with Crippen molar-refractivity contribution in [3.05, 3.63) is 53.6 Å². The second-order valence-electron chi connectivity index (χ2n) is 6.59. The molecule has 0 atom stereocenters. The Morgan fingerprint density at radius 1 is 1.18 bits per heavy atom. The van der Waals surface area contributed by atoms with Crippen LogP contribution in [-0.4, -0.2) is 47.3 Å². The van der Waals surface area contributed by atoms with Crippen molar-refractivity contribution in [2.24, 2.45) is 7.05 Å². The minimum Gasteiger partial charge on any atom is -0.322 e. The number of amides is 1. The zero-order valence-corrected chi connectivity index (χ0v) is 16.1. The third-order valence-corrected chi connectivity index (χ3v) is 5.77. The molecule has 1 aromatic heterocycles. The average molecular weight is 398 g/mol. The predicted molar refractivity (Wildman–Crippen MR) is 105 cm³/mol. The number of benzene rings is 2. The zero-order valence-electron chi connectivity index (χ0n) is 15.3. The Labute approximate surface area is 162 Å². The SMILES string of the molecule is Cn1nnnc1-c1cccc(NC(=O)c2ccc3c(c2)CCN3S(C)(=O)=O)c1. The number of carbonyl (C=O) groups excluding carboxylic acids is 1. The van der Waals surface area contributed by atoms with Crippen molar-refractivity contribution in [1.82, 2.24) is 20.2 Å². The molecular formula is C18H18N6O3S. The van der Waals surface area contributed by atoms with Crippen LogP contribution in [-0.2, 0) is 23.5 Å². The van der Waals surface area contributed by atoms with Gasteiger partial charge in [-0.25, -0.2) is 13.1 Å². The van der Waals surface area contributed by atoms with Gasteiger partial charge in [-0.15, -0.1) is 5.10 Å². The number of nitrogens with zero attached hydrogens (tertiary/aromatic N) is 5. The summed E-state index contributed by atoms with van der Waals surface area (Å²) in [6.07, 6.45) is 1.76. The largest absolute Gasteiger partial charge is 0.322 e. The molecule has 28 heavy (non-hydrogen) atoms. The number of aromatic nitrogens is 4. The van der Waals surface area contributed by atoms with E-state index in [1.807, 2.05) is 12.1 Å². The first-order valence-corrected chi connectivity index (χ1v) is 10.4. The number of hydrogen-bond donors (Lipinski definition) is 1. The lowest BCUT2D eigenvalue weighted by Crippen LogP contribution is -2.27. The highest BCUT2D eigenvalue weighted by molar-refractivity contribution is 7.92. The number of anilines is 2. The fourth-order valence-electron chi connectivity index (χ4n) is 3.27. The maximum absolute atomic E-state index is 12.7. The third kappa shape index (κ3) is 3.33. The second kappa shape index (κ2) is 6.71. The van der Waals surface area contributed by atoms with E-state index in [0.29, 0.717) is 35.7 Å². The molecule has 144 valence electrons. The molecule has 0 radical (unpaired) electrons. The summed E-state index contributed by atoms with van der Waals surface area (Å²) in [5.74, 6) is 0.323. The van der Waals surface area contributed by atoms with E-state index >= 15 is 0 Å². The molecule has 0 fully saturated rings. The predicted octanol–water partition coefficient (Wildman–Crippen LogP) is 1.45. The normalized spacial score (nSPS) is 13.4. The number of aryl methyl sites for hydroxylation is 1. The zero-order chi connectivity index (χ0) is 19.9. The van der Waals surface area contributed by atoms with Gasteiger partial charge in [0.05, 0.1) is 11.9 Å². The van der Waals surface area contributed by atoms with Crippen LogP contribution in [0.15, 0.2) is 42.5 Å². The molecule has 0 bridgehead atoms. The van der Waals surface area contributed by atoms with E-state index in [9.17, 15) is 13.2 Å². The summed E-state index contributed by atoms with van der Waals surface area (Å²) in [6.45, 7) is 0.396. The smallest absolute Gasteiger partial charge is 0.255 e. The van der Waals surface area contributed by atoms with Crippen LogP contribution in [0.3, 0.4) is 0 Å². The van der Waals surface area contributed by atoms with Crippen LogP contribution in [0.1, 0.15) is 15.9 Å². The molecule has 1 aliphatic heterocycles. The third-order valence-electron chi connectivity index (χ3n) is 4.59. The fourth-order valence-corrected chi connectivity index (χ4v) is 4.23. The lowest BCUT2D eigenvalue weighted by molar-refractivity contribution is 0.102. The highest BCUT2D eigenvalue weighted by Gasteiger charge is 2.26. The van der Waals surface area contributed by atoms with E-state index in [-0.39, 0.29) is 5.91 Å². The van der Waals surface area contributed by atoms with Gasteiger partial charge < -0.3 is 5.32 Å². The van der Waals surface area contributed by atoms with Gasteiger partial charge in [-0.05, 0) is 52.7 Å². The van der Waals surface area contributed by atoms with E-state index < -0.39 is 10.0 Å². The van der Waals surface area contributed by atoms with Crippen LogP contribution in [0.2, 0.25) is 0 Å². The van der Waals surface area contributed by atoms with Crippen LogP contribution >= 0.6 is 0 Å². The summed E-state index contributed by atoms with van der Waals surface area (Å²) in [5.41, 5.74) is 3.35. The van der Waals surface area contributed by atoms with Gasteiger partial charge in [-0.3, -0.25) is 9.10 Å². The lowest BCUT2D eigenvalue weighted by Gasteiger charge is -2.16. The quantitative estimate of drug-likeness (QED) is 0.712. The van der Waals surface area contributed by atoms with Gasteiger partial charge in [-0.2, -0.15) is 0 Å². The lowest BCUT2D eigenvalue weighted by atomic mass is 10.1. The monoisotopic (exact) mass is 398 g/mol. The summed E-state index contributed by atoms with van der Waals surface area (Å²) in [7, 11) is -1.57. The van der Waals surface area contributed by atoms with Gasteiger partial charge in [0.1, 0.15) is 0 Å². The summed E-state index contributed by atoms with van der Waals surface area (Å²) >= 11 is 0. The molecule has 0 aliphatic carbocycles. The summed E-state index contributed by atoms with van der Waals surface area (Å²) < 4.78 is 26.6. The Morgan fingerprint density at radius 2 is 2.00 bits per heavy atom. The summed E-state index contributed by atoms with van der Waals surface area (Å²) in [5, 5.41) is 14.3. The fraction of sp³-hybridized carbons (Fsp3) is 0.222. The Bertz CT molecular complexity index is 1170. The number of fused-ring (bicyclic) bond motifs is 1. The van der Waals surface area contributed by atoms with Gasteiger partial charge in [-0.1, -0.05) is 12.1 Å². The van der Waals surface area contributed by atoms with Gasteiger partial charge in [0.2, 0.25) is 10.0 Å². The number of tetrazole rings is 1. The van der Waals surface area contributed by atoms with E-state index in [1.54, 1.807) is 42.1 Å². The molecule has 4 rings (SSSR count). The maximum Gasteiger partial charge on any atom is 0.255 e. The molecular weight excluding hydrogens is 380 g/mol. The molecule has 0 spiro atoms. The molecule has 9 nitrogen and oxygen atoms in total. The van der Waals surface area contributed by atoms with E-state index in [4.69, 9.17) is 0 Å². The van der Waals surface area contributed by atoms with Crippen molar-refractivity contribution in [3.8, 4) is 11.4 Å². The van der Waals surface area contributed by atoms with Crippen molar-refractivity contribution >= 4 is 27.3 Å². The van der Waals surface area contributed by atoms with Crippen molar-refractivity contribution in [3.63, 3.8) is 0 Å². The molecule has 3 aromatic rings. The molecule has 0 saturated carbocycles. The minimum atomic E-state index is -3.31. The highest BCUT2D eigenvalue weighted by atomic mass is 32.2. The molecule has 1 aliphatic rings. The number of sulfonamides is 1. The van der Waals surface area contributed by atoms with Gasteiger partial charge in [0, 0.05) is 30.4 Å². The van der Waals surface area contributed by atoms with Crippen LogP contribution in [0, 0.1) is 0 Å². The summed E-state index contributed by atoms with van der Waals surface area (Å²) in [6, 6.07) is 12.3. The van der Waals surface area contributed by atoms with Crippen molar-refractivity contribution in [2.75, 3.05) is 22.4 Å². The summed E-state index contributed by atoms with van der Waals surface area (Å²) in [4.78, 5) is 12.7. The van der Waals surface area contributed by atoms with Crippen LogP contribution in [0.4, 0.5) is 11.4 Å². The van der Waals surface area contributed by atoms with Crippen molar-refractivity contribution in [2.45, 2.75) is 6.42 Å². The molecule has 0 unspecified atom stereocenters. The number of hydrogen-bond acceptors (Lipinski definition) is 6. The minimum absolute atomic E-state index is 0.270. The molecule has 2 aromatic carbocycles. The molecule has 2 heterocycles. The molecule has 10 heteroatoms.